The van der Waals surface area contributed by atoms with Crippen molar-refractivity contribution in [3.05, 3.63) is 42.8 Å². The van der Waals surface area contributed by atoms with Crippen molar-refractivity contribution in [2.75, 3.05) is 0 Å². The van der Waals surface area contributed by atoms with Crippen molar-refractivity contribution in [1.82, 2.24) is 0 Å². The molecule has 0 saturated heterocycles. The van der Waals surface area contributed by atoms with Gasteiger partial charge in [0.15, 0.2) is 0 Å². The summed E-state index contributed by atoms with van der Waals surface area (Å²) < 4.78 is 0. The van der Waals surface area contributed by atoms with E-state index in [4.69, 9.17) is 0 Å². The second-order valence-electron chi connectivity index (χ2n) is 2.95. The fourth-order valence-corrected chi connectivity index (χ4v) is 1.40. The van der Waals surface area contributed by atoms with Crippen molar-refractivity contribution in [1.29, 1.82) is 0 Å². The van der Waals surface area contributed by atoms with E-state index >= 15 is 0 Å². The van der Waals surface area contributed by atoms with Gasteiger partial charge in [0, 0.05) is 10.8 Å². The average Bonchev–Trinajstić information content (AvgIpc) is 2.15. The van der Waals surface area contributed by atoms with Crippen LogP contribution in [0, 0.1) is 6.92 Å². The van der Waals surface area contributed by atoms with Gasteiger partial charge < -0.3 is 10.2 Å². The van der Waals surface area contributed by atoms with Crippen molar-refractivity contribution < 1.29 is 10.2 Å². The number of rotatable bonds is 0. The highest BCUT2D eigenvalue weighted by molar-refractivity contribution is 5.94. The number of benzene rings is 2. The lowest BCUT2D eigenvalue weighted by atomic mass is 10.1. The minimum absolute atomic E-state index is 0.133. The maximum Gasteiger partial charge on any atom is 0.126 e. The van der Waals surface area contributed by atoms with Crippen LogP contribution in [0.2, 0.25) is 0 Å². The molecule has 13 heavy (non-hydrogen) atoms. The molecule has 0 aromatic heterocycles. The molecule has 2 rings (SSSR count). The topological polar surface area (TPSA) is 40.5 Å². The smallest absolute Gasteiger partial charge is 0.126 e. The van der Waals surface area contributed by atoms with Gasteiger partial charge in [-0.05, 0) is 18.6 Å². The minimum Gasteiger partial charge on any atom is -0.507 e. The maximum absolute atomic E-state index is 9.61. The van der Waals surface area contributed by atoms with Crippen molar-refractivity contribution in [2.45, 2.75) is 0 Å². The summed E-state index contributed by atoms with van der Waals surface area (Å²) in [7, 11) is 0. The van der Waals surface area contributed by atoms with Gasteiger partial charge in [-0.25, -0.2) is 0 Å². The van der Waals surface area contributed by atoms with Crippen LogP contribution in [0.1, 0.15) is 5.56 Å². The second-order valence-corrected chi connectivity index (χ2v) is 2.95. The van der Waals surface area contributed by atoms with Crippen LogP contribution in [0.25, 0.3) is 10.8 Å². The molecule has 2 N–H and O–H groups in total. The largest absolute Gasteiger partial charge is 0.507 e. The van der Waals surface area contributed by atoms with Crippen LogP contribution in [0.3, 0.4) is 0 Å². The second kappa shape index (κ2) is 2.66. The molecule has 0 aliphatic rings. The van der Waals surface area contributed by atoms with E-state index in [1.807, 2.05) is 6.07 Å². The molecule has 0 heterocycles. The number of phenolic OH excluding ortho intramolecular Hbond substituents is 2. The minimum atomic E-state index is 0.133. The Balaban J connectivity index is 2.97. The molecule has 2 heteroatoms. The SMILES string of the molecule is [CH2]c1cc(O)c2ccccc2c1O. The van der Waals surface area contributed by atoms with Crippen LogP contribution in [-0.2, 0) is 0 Å². The highest BCUT2D eigenvalue weighted by atomic mass is 16.3. The monoisotopic (exact) mass is 173 g/mol. The predicted octanol–water partition coefficient (Wildman–Crippen LogP) is 2.43. The molecule has 0 spiro atoms. The molecule has 0 saturated carbocycles. The molecule has 0 unspecified atom stereocenters. The van der Waals surface area contributed by atoms with Crippen molar-refractivity contribution in [3.63, 3.8) is 0 Å². The first-order valence-corrected chi connectivity index (χ1v) is 3.96. The fraction of sp³-hybridized carbons (Fsp3) is 0. The lowest BCUT2D eigenvalue weighted by Crippen LogP contribution is -1.79. The van der Waals surface area contributed by atoms with Gasteiger partial charge in [-0.2, -0.15) is 0 Å². The molecule has 0 aliphatic carbocycles. The van der Waals surface area contributed by atoms with Crippen LogP contribution in [-0.4, -0.2) is 10.2 Å². The van der Waals surface area contributed by atoms with Crippen molar-refractivity contribution in [3.8, 4) is 11.5 Å². The molecule has 0 aliphatic heterocycles. The summed E-state index contributed by atoms with van der Waals surface area (Å²) in [6.45, 7) is 3.62. The Labute approximate surface area is 76.1 Å². The van der Waals surface area contributed by atoms with Crippen LogP contribution >= 0.6 is 0 Å². The van der Waals surface area contributed by atoms with Gasteiger partial charge >= 0.3 is 0 Å². The molecule has 2 nitrogen and oxygen atoms in total. The molecule has 2 aromatic carbocycles. The zero-order valence-corrected chi connectivity index (χ0v) is 6.99. The summed E-state index contributed by atoms with van der Waals surface area (Å²) in [5.74, 6) is 0.284. The summed E-state index contributed by atoms with van der Waals surface area (Å²) in [5, 5.41) is 20.4. The van der Waals surface area contributed by atoms with E-state index < -0.39 is 0 Å². The Kier molecular flexibility index (Phi) is 1.62. The van der Waals surface area contributed by atoms with E-state index in [0.717, 1.165) is 0 Å². The normalized spacial score (nSPS) is 10.5. The Morgan fingerprint density at radius 3 is 2.31 bits per heavy atom. The fourth-order valence-electron chi connectivity index (χ4n) is 1.40. The van der Waals surface area contributed by atoms with Gasteiger partial charge in [0.1, 0.15) is 11.5 Å². The number of fused-ring (bicyclic) bond motifs is 1. The molecular formula is C11H9O2. The number of hydrogen-bond acceptors (Lipinski definition) is 2. The third-order valence-electron chi connectivity index (χ3n) is 2.07. The Bertz CT molecular complexity index is 461. The number of phenols is 2. The summed E-state index contributed by atoms with van der Waals surface area (Å²) >= 11 is 0. The van der Waals surface area contributed by atoms with Crippen LogP contribution < -0.4 is 0 Å². The van der Waals surface area contributed by atoms with Crippen molar-refractivity contribution >= 4 is 10.8 Å². The molecule has 0 fully saturated rings. The van der Waals surface area contributed by atoms with E-state index in [0.29, 0.717) is 16.3 Å². The summed E-state index contributed by atoms with van der Waals surface area (Å²) in [4.78, 5) is 0. The van der Waals surface area contributed by atoms with Crippen LogP contribution in [0.5, 0.6) is 11.5 Å². The first kappa shape index (κ1) is 7.92. The zero-order chi connectivity index (χ0) is 9.42. The molecule has 0 amide bonds. The highest BCUT2D eigenvalue weighted by Gasteiger charge is 2.06. The molecule has 2 aromatic rings. The molecule has 0 bridgehead atoms. The van der Waals surface area contributed by atoms with E-state index in [1.54, 1.807) is 18.2 Å². The van der Waals surface area contributed by atoms with E-state index in [1.165, 1.54) is 6.07 Å². The average molecular weight is 173 g/mol. The van der Waals surface area contributed by atoms with Gasteiger partial charge in [-0.15, -0.1) is 0 Å². The quantitative estimate of drug-likeness (QED) is 0.600. The van der Waals surface area contributed by atoms with Gasteiger partial charge in [0.2, 0.25) is 0 Å². The molecule has 0 atom stereocenters. The van der Waals surface area contributed by atoms with Gasteiger partial charge in [-0.3, -0.25) is 0 Å². The van der Waals surface area contributed by atoms with E-state index in [9.17, 15) is 10.2 Å². The molecular weight excluding hydrogens is 164 g/mol. The lowest BCUT2D eigenvalue weighted by Gasteiger charge is -2.05. The molecule has 65 valence electrons. The third-order valence-corrected chi connectivity index (χ3v) is 2.07. The Morgan fingerprint density at radius 1 is 1.00 bits per heavy atom. The summed E-state index contributed by atoms with van der Waals surface area (Å²) in [5.41, 5.74) is 0.441. The highest BCUT2D eigenvalue weighted by Crippen LogP contribution is 2.34. The number of aromatic hydroxyl groups is 2. The lowest BCUT2D eigenvalue weighted by molar-refractivity contribution is 0.467. The zero-order valence-electron chi connectivity index (χ0n) is 6.99. The number of hydrogen-bond donors (Lipinski definition) is 2. The first-order valence-electron chi connectivity index (χ1n) is 3.96. The van der Waals surface area contributed by atoms with E-state index in [2.05, 4.69) is 6.92 Å². The standard InChI is InChI=1S/C11H9O2/c1-7-6-10(12)8-4-2-3-5-9(8)11(7)13/h2-6,12-13H,1H2. The van der Waals surface area contributed by atoms with Crippen LogP contribution in [0.15, 0.2) is 30.3 Å². The van der Waals surface area contributed by atoms with Gasteiger partial charge in [0.25, 0.3) is 0 Å². The summed E-state index contributed by atoms with van der Waals surface area (Å²) in [6.07, 6.45) is 0. The first-order chi connectivity index (χ1) is 6.20. The third kappa shape index (κ3) is 1.11. The van der Waals surface area contributed by atoms with Crippen LogP contribution in [0.4, 0.5) is 0 Å². The Hall–Kier alpha value is -1.70. The van der Waals surface area contributed by atoms with Gasteiger partial charge in [0.05, 0.1) is 0 Å². The molecule has 1 radical (unpaired) electrons. The predicted molar refractivity (Wildman–Crippen MR) is 51.7 cm³/mol. The maximum atomic E-state index is 9.61. The summed E-state index contributed by atoms with van der Waals surface area (Å²) in [6, 6.07) is 8.58. The van der Waals surface area contributed by atoms with Crippen molar-refractivity contribution in [2.24, 2.45) is 0 Å². The van der Waals surface area contributed by atoms with E-state index in [-0.39, 0.29) is 11.5 Å². The van der Waals surface area contributed by atoms with Gasteiger partial charge in [-0.1, -0.05) is 24.3 Å². The Morgan fingerprint density at radius 2 is 1.62 bits per heavy atom.